The molecule has 1 N–H and O–H groups in total. The molecule has 0 unspecified atom stereocenters. The van der Waals surface area contributed by atoms with Crippen molar-refractivity contribution in [1.29, 1.82) is 5.26 Å². The number of esters is 1. The van der Waals surface area contributed by atoms with Crippen LogP contribution in [-0.4, -0.2) is 28.9 Å². The second kappa shape index (κ2) is 10.7. The van der Waals surface area contributed by atoms with Crippen LogP contribution in [0.2, 0.25) is 0 Å². The molecule has 0 aliphatic rings. The molecule has 2 aromatic carbocycles. The predicted molar refractivity (Wildman–Crippen MR) is 120 cm³/mol. The van der Waals surface area contributed by atoms with Crippen molar-refractivity contribution in [2.24, 2.45) is 10.2 Å². The van der Waals surface area contributed by atoms with Gasteiger partial charge in [-0.25, -0.2) is 4.79 Å². The van der Waals surface area contributed by atoms with Crippen LogP contribution in [0.1, 0.15) is 28.4 Å². The van der Waals surface area contributed by atoms with Crippen molar-refractivity contribution in [3.8, 4) is 17.7 Å². The van der Waals surface area contributed by atoms with Gasteiger partial charge in [-0.05, 0) is 50.2 Å². The Labute approximate surface area is 190 Å². The van der Waals surface area contributed by atoms with Crippen LogP contribution in [0.5, 0.6) is 11.6 Å². The maximum Gasteiger partial charge on any atom is 0.338 e. The average molecular weight is 446 g/mol. The molecule has 0 aliphatic carbocycles. The minimum atomic E-state index is -0.548. The summed E-state index contributed by atoms with van der Waals surface area (Å²) >= 11 is 0. The first-order chi connectivity index (χ1) is 16.0. The number of nitrogens with zero attached hydrogens (tertiary/aromatic N) is 4. The summed E-state index contributed by atoms with van der Waals surface area (Å²) in [5, 5.41) is 27.4. The number of hydrogen-bond acceptors (Lipinski definition) is 8. The second-order valence-corrected chi connectivity index (χ2v) is 6.88. The lowest BCUT2D eigenvalue weighted by Crippen LogP contribution is -2.20. The minimum absolute atomic E-state index is 0.0280. The summed E-state index contributed by atoms with van der Waals surface area (Å²) in [5.74, 6) is -0.202. The second-order valence-electron chi connectivity index (χ2n) is 6.88. The Balaban J connectivity index is 1.65. The smallest absolute Gasteiger partial charge is 0.338 e. The number of benzene rings is 2. The van der Waals surface area contributed by atoms with E-state index in [1.807, 2.05) is 36.4 Å². The number of aromatic nitrogens is 1. The lowest BCUT2D eigenvalue weighted by Gasteiger charge is -2.10. The van der Waals surface area contributed by atoms with Crippen molar-refractivity contribution in [2.45, 2.75) is 20.4 Å². The van der Waals surface area contributed by atoms with Gasteiger partial charge in [0.15, 0.2) is 5.69 Å². The number of hydrogen-bond donors (Lipinski definition) is 1. The summed E-state index contributed by atoms with van der Waals surface area (Å²) < 4.78 is 11.7. The van der Waals surface area contributed by atoms with Gasteiger partial charge in [0.1, 0.15) is 30.6 Å². The maximum absolute atomic E-state index is 12.6. The summed E-state index contributed by atoms with van der Waals surface area (Å²) in [7, 11) is 0. The first-order valence-corrected chi connectivity index (χ1v) is 10.2. The Morgan fingerprint density at radius 1 is 1.09 bits per heavy atom. The van der Waals surface area contributed by atoms with Gasteiger partial charge in [-0.1, -0.05) is 18.2 Å². The fourth-order valence-corrected chi connectivity index (χ4v) is 3.02. The van der Waals surface area contributed by atoms with E-state index >= 15 is 0 Å². The molecule has 0 aliphatic heterocycles. The van der Waals surface area contributed by atoms with E-state index in [1.165, 1.54) is 19.1 Å². The zero-order valence-corrected chi connectivity index (χ0v) is 18.2. The quantitative estimate of drug-likeness (QED) is 0.310. The highest BCUT2D eigenvalue weighted by molar-refractivity contribution is 5.89. The Hall–Kier alpha value is -4.45. The number of pyridine rings is 1. The molecule has 9 nitrogen and oxygen atoms in total. The van der Waals surface area contributed by atoms with Crippen LogP contribution >= 0.6 is 0 Å². The highest BCUT2D eigenvalue weighted by Gasteiger charge is 2.18. The van der Waals surface area contributed by atoms with Gasteiger partial charge < -0.3 is 14.6 Å². The van der Waals surface area contributed by atoms with Crippen molar-refractivity contribution in [3.63, 3.8) is 0 Å². The van der Waals surface area contributed by atoms with Gasteiger partial charge in [-0.3, -0.25) is 9.36 Å². The molecule has 33 heavy (non-hydrogen) atoms. The number of azo groups is 1. The first-order valence-electron chi connectivity index (χ1n) is 10.2. The molecule has 1 heterocycles. The Morgan fingerprint density at radius 3 is 2.42 bits per heavy atom. The molecular formula is C24H22N4O5. The van der Waals surface area contributed by atoms with Crippen LogP contribution in [0, 0.1) is 18.3 Å². The SMILES string of the molecule is CCn1c(O)c(C#N)c(C)c(N=Nc2ccc(C(=O)OCCOc3ccccc3)cc2)c1=O. The molecule has 0 amide bonds. The van der Waals surface area contributed by atoms with Gasteiger partial charge in [0.2, 0.25) is 5.88 Å². The number of carbonyl (C=O) groups is 1. The van der Waals surface area contributed by atoms with Crippen LogP contribution in [-0.2, 0) is 11.3 Å². The molecule has 168 valence electrons. The summed E-state index contributed by atoms with van der Waals surface area (Å²) in [6.45, 7) is 3.70. The Morgan fingerprint density at radius 2 is 1.79 bits per heavy atom. The van der Waals surface area contributed by atoms with Crippen LogP contribution in [0.4, 0.5) is 11.4 Å². The van der Waals surface area contributed by atoms with E-state index in [4.69, 9.17) is 9.47 Å². The molecule has 9 heteroatoms. The molecule has 3 rings (SSSR count). The number of ether oxygens (including phenoxy) is 2. The van der Waals surface area contributed by atoms with Crippen LogP contribution in [0.25, 0.3) is 0 Å². The molecule has 0 fully saturated rings. The van der Waals surface area contributed by atoms with Crippen LogP contribution in [0.15, 0.2) is 69.6 Å². The van der Waals surface area contributed by atoms with E-state index in [9.17, 15) is 20.0 Å². The van der Waals surface area contributed by atoms with Gasteiger partial charge in [0, 0.05) is 12.1 Å². The van der Waals surface area contributed by atoms with E-state index in [2.05, 4.69) is 10.2 Å². The first kappa shape index (κ1) is 23.2. The third-order valence-electron chi connectivity index (χ3n) is 4.78. The normalized spacial score (nSPS) is 10.7. The van der Waals surface area contributed by atoms with Crippen LogP contribution in [0.3, 0.4) is 0 Å². The molecule has 1 aromatic heterocycles. The fourth-order valence-electron chi connectivity index (χ4n) is 3.02. The number of aromatic hydroxyl groups is 1. The molecule has 0 bridgehead atoms. The van der Waals surface area contributed by atoms with E-state index < -0.39 is 17.4 Å². The standard InChI is InChI=1S/C24H22N4O5/c1-3-28-22(29)20(15-25)16(2)21(23(28)30)27-26-18-11-9-17(10-12-18)24(31)33-14-13-32-19-7-5-4-6-8-19/h4-12,29H,3,13-14H2,1-2H3. The predicted octanol–water partition coefficient (Wildman–Crippen LogP) is 4.41. The lowest BCUT2D eigenvalue weighted by molar-refractivity contribution is 0.0450. The average Bonchev–Trinajstić information content (AvgIpc) is 2.83. The largest absolute Gasteiger partial charge is 0.493 e. The summed E-state index contributed by atoms with van der Waals surface area (Å²) in [4.78, 5) is 24.7. The van der Waals surface area contributed by atoms with Crippen molar-refractivity contribution in [1.82, 2.24) is 4.57 Å². The van der Waals surface area contributed by atoms with Gasteiger partial charge in [0.25, 0.3) is 5.56 Å². The fraction of sp³-hybridized carbons (Fsp3) is 0.208. The molecule has 0 radical (unpaired) electrons. The molecule has 0 saturated heterocycles. The summed E-state index contributed by atoms with van der Waals surface area (Å²) in [6, 6.07) is 17.3. The molecular weight excluding hydrogens is 424 g/mol. The van der Waals surface area contributed by atoms with Gasteiger partial charge in [-0.15, -0.1) is 5.11 Å². The third kappa shape index (κ3) is 5.43. The van der Waals surface area contributed by atoms with Gasteiger partial charge in [-0.2, -0.15) is 10.4 Å². The highest BCUT2D eigenvalue weighted by Crippen LogP contribution is 2.26. The van der Waals surface area contributed by atoms with Gasteiger partial charge >= 0.3 is 5.97 Å². The lowest BCUT2D eigenvalue weighted by atomic mass is 10.1. The Kier molecular flexibility index (Phi) is 7.55. The zero-order chi connectivity index (χ0) is 23.8. The topological polar surface area (TPSA) is 126 Å². The van der Waals surface area contributed by atoms with E-state index in [1.54, 1.807) is 19.1 Å². The van der Waals surface area contributed by atoms with Crippen molar-refractivity contribution < 1.29 is 19.4 Å². The summed E-state index contributed by atoms with van der Waals surface area (Å²) in [5.41, 5.74) is 0.356. The molecule has 0 spiro atoms. The monoisotopic (exact) mass is 446 g/mol. The van der Waals surface area contributed by atoms with E-state index in [0.717, 1.165) is 4.57 Å². The van der Waals surface area contributed by atoms with E-state index in [0.29, 0.717) is 17.0 Å². The zero-order valence-electron chi connectivity index (χ0n) is 18.2. The molecule has 3 aromatic rings. The number of rotatable bonds is 8. The van der Waals surface area contributed by atoms with Crippen molar-refractivity contribution >= 4 is 17.3 Å². The summed E-state index contributed by atoms with van der Waals surface area (Å²) in [6.07, 6.45) is 0. The van der Waals surface area contributed by atoms with E-state index in [-0.39, 0.29) is 36.6 Å². The number of carbonyl (C=O) groups excluding carboxylic acids is 1. The molecule has 0 atom stereocenters. The molecule has 0 saturated carbocycles. The van der Waals surface area contributed by atoms with Gasteiger partial charge in [0.05, 0.1) is 11.3 Å². The highest BCUT2D eigenvalue weighted by atomic mass is 16.6. The number of nitriles is 1. The number of para-hydroxylation sites is 1. The van der Waals surface area contributed by atoms with Crippen LogP contribution < -0.4 is 10.3 Å². The maximum atomic E-state index is 12.6. The third-order valence-corrected chi connectivity index (χ3v) is 4.78. The minimum Gasteiger partial charge on any atom is -0.493 e. The van der Waals surface area contributed by atoms with Crippen molar-refractivity contribution in [2.75, 3.05) is 13.2 Å². The van der Waals surface area contributed by atoms with Crippen molar-refractivity contribution in [3.05, 3.63) is 81.6 Å². The Bertz CT molecular complexity index is 1260.